The number of aryl methyl sites for hydroxylation is 1. The molecule has 0 bridgehead atoms. The van der Waals surface area contributed by atoms with Crippen LogP contribution in [0.3, 0.4) is 0 Å². The average Bonchev–Trinajstić information content (AvgIpc) is 3.39. The normalized spacial score (nSPS) is 12.7. The van der Waals surface area contributed by atoms with Crippen LogP contribution >= 0.6 is 0 Å². The fourth-order valence-electron chi connectivity index (χ4n) is 4.28. The molecule has 4 heteroatoms. The monoisotopic (exact) mass is 393 g/mol. The fourth-order valence-corrected chi connectivity index (χ4v) is 4.28. The van der Waals surface area contributed by atoms with Crippen LogP contribution in [0.1, 0.15) is 11.1 Å². The van der Waals surface area contributed by atoms with Crippen molar-refractivity contribution in [1.29, 1.82) is 0 Å². The van der Waals surface area contributed by atoms with Gasteiger partial charge in [-0.15, -0.1) is 0 Å². The third-order valence-electron chi connectivity index (χ3n) is 5.81. The van der Waals surface area contributed by atoms with E-state index in [4.69, 9.17) is 9.47 Å². The van der Waals surface area contributed by atoms with Gasteiger partial charge in [-0.3, -0.25) is 0 Å². The van der Waals surface area contributed by atoms with E-state index in [1.807, 2.05) is 6.07 Å². The third kappa shape index (κ3) is 2.72. The van der Waals surface area contributed by atoms with E-state index in [2.05, 4.69) is 89.4 Å². The average molecular weight is 393 g/mol. The second-order valence-electron chi connectivity index (χ2n) is 7.81. The minimum Gasteiger partial charge on any atom is -0.454 e. The molecule has 0 radical (unpaired) electrons. The van der Waals surface area contributed by atoms with Crippen LogP contribution in [0, 0.1) is 6.92 Å². The highest BCUT2D eigenvalue weighted by Crippen LogP contribution is 2.37. The first-order valence-corrected chi connectivity index (χ1v) is 10.1. The first-order chi connectivity index (χ1) is 14.8. The number of ether oxygens (including phenoxy) is 2. The van der Waals surface area contributed by atoms with E-state index in [9.17, 15) is 0 Å². The van der Waals surface area contributed by atoms with Crippen molar-refractivity contribution in [3.05, 3.63) is 90.1 Å². The number of H-pyrrole nitrogens is 1. The number of benzene rings is 3. The molecule has 0 atom stereocenters. The maximum atomic E-state index is 5.66. The van der Waals surface area contributed by atoms with Crippen LogP contribution in [0.25, 0.3) is 33.1 Å². The summed E-state index contributed by atoms with van der Waals surface area (Å²) in [6.07, 6.45) is 2.18. The standard InChI is InChI=1S/C26H20N2O2/c1-17-6-8-18(9-7-17)15-28-13-12-21-20-4-2-3-5-22(20)27-25(21)26(28)19-10-11-23-24(14-19)30-16-29-23/h2-14H,15-16H2,1H3/p+1. The van der Waals surface area contributed by atoms with Crippen molar-refractivity contribution in [2.24, 2.45) is 0 Å². The molecule has 0 aliphatic carbocycles. The van der Waals surface area contributed by atoms with Crippen LogP contribution < -0.4 is 14.0 Å². The molecule has 5 aromatic rings. The molecule has 1 N–H and O–H groups in total. The van der Waals surface area contributed by atoms with Gasteiger partial charge in [0.15, 0.2) is 24.2 Å². The fraction of sp³-hybridized carbons (Fsp3) is 0.115. The maximum absolute atomic E-state index is 5.66. The Balaban J connectivity index is 1.60. The number of rotatable bonds is 3. The van der Waals surface area contributed by atoms with Crippen molar-refractivity contribution in [2.75, 3.05) is 6.79 Å². The molecule has 0 saturated carbocycles. The van der Waals surface area contributed by atoms with Gasteiger partial charge >= 0.3 is 0 Å². The first-order valence-electron chi connectivity index (χ1n) is 10.1. The molecule has 0 unspecified atom stereocenters. The summed E-state index contributed by atoms with van der Waals surface area (Å²) in [5, 5.41) is 2.45. The third-order valence-corrected chi connectivity index (χ3v) is 5.81. The van der Waals surface area contributed by atoms with Gasteiger partial charge in [-0.2, -0.15) is 4.57 Å². The van der Waals surface area contributed by atoms with E-state index >= 15 is 0 Å². The number of nitrogens with zero attached hydrogens (tertiary/aromatic N) is 1. The largest absolute Gasteiger partial charge is 0.454 e. The summed E-state index contributed by atoms with van der Waals surface area (Å²) in [5.74, 6) is 1.59. The summed E-state index contributed by atoms with van der Waals surface area (Å²) >= 11 is 0. The molecule has 146 valence electrons. The Hall–Kier alpha value is -3.79. The summed E-state index contributed by atoms with van der Waals surface area (Å²) < 4.78 is 13.5. The van der Waals surface area contributed by atoms with Crippen molar-refractivity contribution >= 4 is 21.8 Å². The molecular weight excluding hydrogens is 372 g/mol. The number of nitrogens with one attached hydrogen (secondary N) is 1. The molecule has 0 amide bonds. The molecular formula is C26H21N2O2+. The second-order valence-corrected chi connectivity index (χ2v) is 7.81. The van der Waals surface area contributed by atoms with Crippen LogP contribution in [0.15, 0.2) is 79.0 Å². The van der Waals surface area contributed by atoms with Gasteiger partial charge in [0.2, 0.25) is 12.5 Å². The van der Waals surface area contributed by atoms with Gasteiger partial charge in [0, 0.05) is 27.9 Å². The lowest BCUT2D eigenvalue weighted by atomic mass is 10.1. The van der Waals surface area contributed by atoms with Crippen molar-refractivity contribution in [1.82, 2.24) is 4.98 Å². The lowest BCUT2D eigenvalue weighted by molar-refractivity contribution is -0.676. The van der Waals surface area contributed by atoms with Gasteiger partial charge in [-0.05, 0) is 31.2 Å². The Morgan fingerprint density at radius 3 is 2.60 bits per heavy atom. The summed E-state index contributed by atoms with van der Waals surface area (Å²) in [6.45, 7) is 3.18. The van der Waals surface area contributed by atoms with Gasteiger partial charge in [-0.25, -0.2) is 0 Å². The molecule has 30 heavy (non-hydrogen) atoms. The summed E-state index contributed by atoms with van der Waals surface area (Å²) in [7, 11) is 0. The van der Waals surface area contributed by atoms with Crippen LogP contribution in [-0.2, 0) is 6.54 Å². The molecule has 3 aromatic carbocycles. The molecule has 1 aliphatic heterocycles. The summed E-state index contributed by atoms with van der Waals surface area (Å²) in [6, 6.07) is 25.6. The topological polar surface area (TPSA) is 38.1 Å². The van der Waals surface area contributed by atoms with E-state index < -0.39 is 0 Å². The Morgan fingerprint density at radius 1 is 0.867 bits per heavy atom. The van der Waals surface area contributed by atoms with Crippen LogP contribution in [-0.4, -0.2) is 11.8 Å². The Kier molecular flexibility index (Phi) is 3.78. The zero-order valence-electron chi connectivity index (χ0n) is 16.7. The van der Waals surface area contributed by atoms with E-state index in [-0.39, 0.29) is 6.79 Å². The summed E-state index contributed by atoms with van der Waals surface area (Å²) in [4.78, 5) is 3.66. The molecule has 2 aromatic heterocycles. The minimum absolute atomic E-state index is 0.277. The second kappa shape index (κ2) is 6.63. The van der Waals surface area contributed by atoms with E-state index in [1.54, 1.807) is 0 Å². The Labute approximate surface area is 174 Å². The molecule has 6 rings (SSSR count). The van der Waals surface area contributed by atoms with E-state index in [0.29, 0.717) is 0 Å². The van der Waals surface area contributed by atoms with Gasteiger partial charge in [-0.1, -0.05) is 48.0 Å². The van der Waals surface area contributed by atoms with Gasteiger partial charge in [0.25, 0.3) is 0 Å². The Morgan fingerprint density at radius 2 is 1.70 bits per heavy atom. The lowest BCUT2D eigenvalue weighted by Gasteiger charge is -2.07. The minimum atomic E-state index is 0.277. The number of aromatic nitrogens is 2. The van der Waals surface area contributed by atoms with E-state index in [1.165, 1.54) is 21.9 Å². The van der Waals surface area contributed by atoms with Crippen molar-refractivity contribution in [3.63, 3.8) is 0 Å². The smallest absolute Gasteiger partial charge is 0.237 e. The van der Waals surface area contributed by atoms with Gasteiger partial charge in [0.1, 0.15) is 5.52 Å². The van der Waals surface area contributed by atoms with Crippen LogP contribution in [0.4, 0.5) is 0 Å². The molecule has 0 saturated heterocycles. The molecule has 0 fully saturated rings. The van der Waals surface area contributed by atoms with Gasteiger partial charge in [0.05, 0.1) is 5.56 Å². The van der Waals surface area contributed by atoms with Crippen molar-refractivity contribution in [2.45, 2.75) is 13.5 Å². The SMILES string of the molecule is Cc1ccc(C[n+]2ccc3c([nH]c4ccccc43)c2-c2ccc3c(c2)OCO3)cc1. The predicted octanol–water partition coefficient (Wildman–Crippen LogP) is 5.36. The van der Waals surface area contributed by atoms with Crippen LogP contribution in [0.5, 0.6) is 11.5 Å². The van der Waals surface area contributed by atoms with Crippen molar-refractivity contribution < 1.29 is 14.0 Å². The number of aromatic amines is 1. The zero-order valence-corrected chi connectivity index (χ0v) is 16.7. The number of para-hydroxylation sites is 1. The number of pyridine rings is 1. The molecule has 1 aliphatic rings. The highest BCUT2D eigenvalue weighted by Gasteiger charge is 2.23. The van der Waals surface area contributed by atoms with E-state index in [0.717, 1.165) is 40.3 Å². The quantitative estimate of drug-likeness (QED) is 0.419. The van der Waals surface area contributed by atoms with Crippen LogP contribution in [0.2, 0.25) is 0 Å². The molecule has 0 spiro atoms. The van der Waals surface area contributed by atoms with Gasteiger partial charge < -0.3 is 14.5 Å². The Bertz CT molecular complexity index is 1400. The summed E-state index contributed by atoms with van der Waals surface area (Å²) in [5.41, 5.74) is 7.05. The molecule has 4 nitrogen and oxygen atoms in total. The maximum Gasteiger partial charge on any atom is 0.237 e. The number of hydrogen-bond acceptors (Lipinski definition) is 2. The van der Waals surface area contributed by atoms with Crippen molar-refractivity contribution in [3.8, 4) is 22.8 Å². The number of fused-ring (bicyclic) bond motifs is 4. The highest BCUT2D eigenvalue weighted by atomic mass is 16.7. The first kappa shape index (κ1) is 17.1. The predicted molar refractivity (Wildman–Crippen MR) is 118 cm³/mol. The highest BCUT2D eigenvalue weighted by molar-refractivity contribution is 6.10. The molecule has 3 heterocycles. The lowest BCUT2D eigenvalue weighted by Crippen LogP contribution is -2.36. The zero-order chi connectivity index (χ0) is 20.1. The number of hydrogen-bond donors (Lipinski definition) is 1.